The van der Waals surface area contributed by atoms with Crippen LogP contribution in [0.2, 0.25) is 0 Å². The molecule has 1 unspecified atom stereocenters. The van der Waals surface area contributed by atoms with Crippen LogP contribution in [-0.4, -0.2) is 31.6 Å². The normalized spacial score (nSPS) is 20.2. The fourth-order valence-corrected chi connectivity index (χ4v) is 2.78. The SMILES string of the molecule is CNCC1CCCN(Cc2ccc(F)cc2C#N)C1. The van der Waals surface area contributed by atoms with Crippen LogP contribution in [0.1, 0.15) is 24.0 Å². The van der Waals surface area contributed by atoms with Gasteiger partial charge in [-0.1, -0.05) is 6.07 Å². The first-order chi connectivity index (χ1) is 9.22. The van der Waals surface area contributed by atoms with Crippen molar-refractivity contribution in [1.82, 2.24) is 10.2 Å². The molecule has 1 fully saturated rings. The van der Waals surface area contributed by atoms with E-state index in [0.717, 1.165) is 31.7 Å². The average molecular weight is 261 g/mol. The first-order valence-electron chi connectivity index (χ1n) is 6.78. The van der Waals surface area contributed by atoms with Gasteiger partial charge in [-0.3, -0.25) is 4.90 Å². The first kappa shape index (κ1) is 14.0. The third kappa shape index (κ3) is 3.76. The maximum atomic E-state index is 13.1. The van der Waals surface area contributed by atoms with Crippen molar-refractivity contribution >= 4 is 0 Å². The topological polar surface area (TPSA) is 39.1 Å². The summed E-state index contributed by atoms with van der Waals surface area (Å²) in [6, 6.07) is 6.57. The summed E-state index contributed by atoms with van der Waals surface area (Å²) in [5, 5.41) is 12.3. The molecule has 0 radical (unpaired) electrons. The van der Waals surface area contributed by atoms with E-state index in [-0.39, 0.29) is 5.82 Å². The smallest absolute Gasteiger partial charge is 0.124 e. The van der Waals surface area contributed by atoms with Gasteiger partial charge in [0.15, 0.2) is 0 Å². The van der Waals surface area contributed by atoms with Crippen molar-refractivity contribution in [2.75, 3.05) is 26.7 Å². The Hall–Kier alpha value is -1.44. The van der Waals surface area contributed by atoms with Crippen molar-refractivity contribution < 1.29 is 4.39 Å². The summed E-state index contributed by atoms with van der Waals surface area (Å²) in [6.07, 6.45) is 2.45. The van der Waals surface area contributed by atoms with Crippen LogP contribution in [0.4, 0.5) is 4.39 Å². The van der Waals surface area contributed by atoms with Gasteiger partial charge < -0.3 is 5.32 Å². The van der Waals surface area contributed by atoms with Crippen LogP contribution < -0.4 is 5.32 Å². The van der Waals surface area contributed by atoms with Gasteiger partial charge in [-0.05, 0) is 56.6 Å². The number of piperidine rings is 1. The molecular formula is C15H20FN3. The van der Waals surface area contributed by atoms with Crippen molar-refractivity contribution in [2.45, 2.75) is 19.4 Å². The lowest BCUT2D eigenvalue weighted by atomic mass is 9.97. The fourth-order valence-electron chi connectivity index (χ4n) is 2.78. The van der Waals surface area contributed by atoms with Crippen LogP contribution in [0, 0.1) is 23.1 Å². The van der Waals surface area contributed by atoms with Crippen molar-refractivity contribution in [3.05, 3.63) is 35.1 Å². The minimum atomic E-state index is -0.341. The molecule has 1 aromatic carbocycles. The molecule has 0 aliphatic carbocycles. The van der Waals surface area contributed by atoms with Crippen molar-refractivity contribution in [1.29, 1.82) is 5.26 Å². The number of likely N-dealkylation sites (tertiary alicyclic amines) is 1. The van der Waals surface area contributed by atoms with Gasteiger partial charge in [0.25, 0.3) is 0 Å². The number of halogens is 1. The van der Waals surface area contributed by atoms with Crippen LogP contribution >= 0.6 is 0 Å². The van der Waals surface area contributed by atoms with Crippen LogP contribution in [-0.2, 0) is 6.54 Å². The Kier molecular flexibility index (Phi) is 4.89. The minimum Gasteiger partial charge on any atom is -0.319 e. The zero-order valence-electron chi connectivity index (χ0n) is 11.3. The third-order valence-corrected chi connectivity index (χ3v) is 3.68. The molecule has 0 aromatic heterocycles. The molecule has 1 heterocycles. The number of benzene rings is 1. The lowest BCUT2D eigenvalue weighted by Crippen LogP contribution is -2.38. The summed E-state index contributed by atoms with van der Waals surface area (Å²) in [5.74, 6) is 0.330. The summed E-state index contributed by atoms with van der Waals surface area (Å²) in [4.78, 5) is 2.36. The average Bonchev–Trinajstić information content (AvgIpc) is 2.41. The monoisotopic (exact) mass is 261 g/mol. The number of hydrogen-bond donors (Lipinski definition) is 1. The highest BCUT2D eigenvalue weighted by molar-refractivity contribution is 5.37. The van der Waals surface area contributed by atoms with E-state index in [1.165, 1.54) is 25.0 Å². The molecule has 0 spiro atoms. The first-order valence-corrected chi connectivity index (χ1v) is 6.78. The van der Waals surface area contributed by atoms with Gasteiger partial charge in [0.05, 0.1) is 11.6 Å². The molecule has 1 aromatic rings. The standard InChI is InChI=1S/C15H20FN3/c1-18-9-12-3-2-6-19(10-12)11-13-4-5-15(16)7-14(13)8-17/h4-5,7,12,18H,2-3,6,9-11H2,1H3. The highest BCUT2D eigenvalue weighted by Gasteiger charge is 2.20. The van der Waals surface area contributed by atoms with Crippen LogP contribution in [0.3, 0.4) is 0 Å². The molecule has 1 atom stereocenters. The zero-order valence-corrected chi connectivity index (χ0v) is 11.3. The maximum Gasteiger partial charge on any atom is 0.124 e. The second kappa shape index (κ2) is 6.65. The van der Waals surface area contributed by atoms with E-state index in [0.29, 0.717) is 11.5 Å². The van der Waals surface area contributed by atoms with Gasteiger partial charge in [-0.2, -0.15) is 5.26 Å². The Morgan fingerprint density at radius 1 is 1.53 bits per heavy atom. The Balaban J connectivity index is 2.03. The number of rotatable bonds is 4. The number of nitriles is 1. The molecule has 102 valence electrons. The Labute approximate surface area is 114 Å². The molecule has 0 amide bonds. The van der Waals surface area contributed by atoms with E-state index in [2.05, 4.69) is 16.3 Å². The van der Waals surface area contributed by atoms with Crippen LogP contribution in [0.15, 0.2) is 18.2 Å². The Morgan fingerprint density at radius 2 is 2.37 bits per heavy atom. The van der Waals surface area contributed by atoms with Gasteiger partial charge >= 0.3 is 0 Å². The quantitative estimate of drug-likeness (QED) is 0.902. The highest BCUT2D eigenvalue weighted by atomic mass is 19.1. The molecule has 3 nitrogen and oxygen atoms in total. The largest absolute Gasteiger partial charge is 0.319 e. The highest BCUT2D eigenvalue weighted by Crippen LogP contribution is 2.20. The fraction of sp³-hybridized carbons (Fsp3) is 0.533. The van der Waals surface area contributed by atoms with Crippen LogP contribution in [0.25, 0.3) is 0 Å². The Bertz CT molecular complexity index is 465. The van der Waals surface area contributed by atoms with Gasteiger partial charge in [0, 0.05) is 13.1 Å². The van der Waals surface area contributed by atoms with E-state index in [1.54, 1.807) is 6.07 Å². The molecule has 0 saturated carbocycles. The van der Waals surface area contributed by atoms with Gasteiger partial charge in [0.1, 0.15) is 5.82 Å². The Morgan fingerprint density at radius 3 is 3.11 bits per heavy atom. The zero-order chi connectivity index (χ0) is 13.7. The molecule has 1 aliphatic heterocycles. The van der Waals surface area contributed by atoms with Gasteiger partial charge in [0.2, 0.25) is 0 Å². The maximum absolute atomic E-state index is 13.1. The minimum absolute atomic E-state index is 0.341. The predicted molar refractivity (Wildman–Crippen MR) is 73.0 cm³/mol. The van der Waals surface area contributed by atoms with E-state index < -0.39 is 0 Å². The summed E-state index contributed by atoms with van der Waals surface area (Å²) in [5.41, 5.74) is 1.38. The molecule has 4 heteroatoms. The van der Waals surface area contributed by atoms with Crippen molar-refractivity contribution in [3.8, 4) is 6.07 Å². The molecule has 0 bridgehead atoms. The van der Waals surface area contributed by atoms with Gasteiger partial charge in [-0.25, -0.2) is 4.39 Å². The number of nitrogens with one attached hydrogen (secondary N) is 1. The number of nitrogens with zero attached hydrogens (tertiary/aromatic N) is 2. The number of hydrogen-bond acceptors (Lipinski definition) is 3. The summed E-state index contributed by atoms with van der Waals surface area (Å²) in [6.45, 7) is 3.87. The lowest BCUT2D eigenvalue weighted by molar-refractivity contribution is 0.166. The van der Waals surface area contributed by atoms with Gasteiger partial charge in [-0.15, -0.1) is 0 Å². The molecule has 1 aliphatic rings. The molecule has 2 rings (SSSR count). The van der Waals surface area contributed by atoms with E-state index in [4.69, 9.17) is 5.26 Å². The predicted octanol–water partition coefficient (Wildman–Crippen LogP) is 2.13. The van der Waals surface area contributed by atoms with E-state index in [1.807, 2.05) is 7.05 Å². The molecule has 19 heavy (non-hydrogen) atoms. The molecule has 1 saturated heterocycles. The van der Waals surface area contributed by atoms with Crippen molar-refractivity contribution in [3.63, 3.8) is 0 Å². The lowest BCUT2D eigenvalue weighted by Gasteiger charge is -2.32. The third-order valence-electron chi connectivity index (χ3n) is 3.68. The van der Waals surface area contributed by atoms with E-state index in [9.17, 15) is 4.39 Å². The summed E-state index contributed by atoms with van der Waals surface area (Å²) < 4.78 is 13.1. The molecule has 1 N–H and O–H groups in total. The van der Waals surface area contributed by atoms with Crippen molar-refractivity contribution in [2.24, 2.45) is 5.92 Å². The molecular weight excluding hydrogens is 241 g/mol. The summed E-state index contributed by atoms with van der Waals surface area (Å²) in [7, 11) is 1.98. The second-order valence-corrected chi connectivity index (χ2v) is 5.21. The summed E-state index contributed by atoms with van der Waals surface area (Å²) >= 11 is 0. The van der Waals surface area contributed by atoms with Crippen LogP contribution in [0.5, 0.6) is 0 Å². The van der Waals surface area contributed by atoms with E-state index >= 15 is 0 Å². The second-order valence-electron chi connectivity index (χ2n) is 5.21.